The van der Waals surface area contributed by atoms with E-state index >= 15 is 0 Å². The summed E-state index contributed by atoms with van der Waals surface area (Å²) in [6.45, 7) is 10.2. The first kappa shape index (κ1) is 13.0. The van der Waals surface area contributed by atoms with Crippen molar-refractivity contribution in [2.24, 2.45) is 5.92 Å². The summed E-state index contributed by atoms with van der Waals surface area (Å²) in [7, 11) is 0. The maximum Gasteiger partial charge on any atom is 0.0795 e. The van der Waals surface area contributed by atoms with Crippen LogP contribution in [0.5, 0.6) is 0 Å². The number of hydrogen-bond donors (Lipinski definition) is 1. The van der Waals surface area contributed by atoms with Gasteiger partial charge < -0.3 is 5.32 Å². The van der Waals surface area contributed by atoms with Gasteiger partial charge in [-0.3, -0.25) is 4.90 Å². The Kier molecular flexibility index (Phi) is 4.54. The van der Waals surface area contributed by atoms with Crippen molar-refractivity contribution in [2.45, 2.75) is 45.8 Å². The summed E-state index contributed by atoms with van der Waals surface area (Å²) in [5.41, 5.74) is 3.14. The van der Waals surface area contributed by atoms with Gasteiger partial charge in [-0.05, 0) is 25.8 Å². The minimum atomic E-state index is 0.634. The Morgan fingerprint density at radius 3 is 3.00 bits per heavy atom. The normalized spacial score (nSPS) is 30.6. The van der Waals surface area contributed by atoms with Gasteiger partial charge in [-0.15, -0.1) is 11.3 Å². The minimum Gasteiger partial charge on any atom is -0.314 e. The SMILES string of the molecule is CCNC1CCN(Cc2cscn2)C(C)C1C. The Hall–Kier alpha value is -0.450. The Morgan fingerprint density at radius 1 is 1.53 bits per heavy atom. The molecule has 1 saturated heterocycles. The molecular formula is C13H23N3S. The van der Waals surface area contributed by atoms with E-state index in [1.165, 1.54) is 18.7 Å². The first-order valence-corrected chi connectivity index (χ1v) is 7.51. The van der Waals surface area contributed by atoms with Gasteiger partial charge in [-0.25, -0.2) is 4.98 Å². The van der Waals surface area contributed by atoms with Gasteiger partial charge in [-0.1, -0.05) is 13.8 Å². The number of likely N-dealkylation sites (tertiary alicyclic amines) is 1. The molecule has 1 fully saturated rings. The monoisotopic (exact) mass is 253 g/mol. The lowest BCUT2D eigenvalue weighted by atomic mass is 9.87. The predicted molar refractivity (Wildman–Crippen MR) is 73.2 cm³/mol. The van der Waals surface area contributed by atoms with E-state index in [4.69, 9.17) is 0 Å². The van der Waals surface area contributed by atoms with E-state index in [-0.39, 0.29) is 0 Å². The molecular weight excluding hydrogens is 230 g/mol. The highest BCUT2D eigenvalue weighted by molar-refractivity contribution is 7.07. The molecule has 2 heterocycles. The molecule has 3 unspecified atom stereocenters. The number of thiazole rings is 1. The molecule has 4 heteroatoms. The molecule has 3 nitrogen and oxygen atoms in total. The van der Waals surface area contributed by atoms with Crippen molar-refractivity contribution in [3.05, 3.63) is 16.6 Å². The fourth-order valence-electron chi connectivity index (χ4n) is 2.74. The third-order valence-electron chi connectivity index (χ3n) is 4.01. The quantitative estimate of drug-likeness (QED) is 0.893. The van der Waals surface area contributed by atoms with Crippen molar-refractivity contribution >= 4 is 11.3 Å². The van der Waals surface area contributed by atoms with Crippen LogP contribution in [-0.2, 0) is 6.54 Å². The molecule has 1 aliphatic rings. The molecule has 1 aromatic heterocycles. The molecule has 1 aromatic rings. The van der Waals surface area contributed by atoms with Crippen LogP contribution in [0.3, 0.4) is 0 Å². The largest absolute Gasteiger partial charge is 0.314 e. The van der Waals surface area contributed by atoms with Crippen molar-refractivity contribution in [1.29, 1.82) is 0 Å². The lowest BCUT2D eigenvalue weighted by Gasteiger charge is -2.42. The first-order chi connectivity index (χ1) is 8.22. The van der Waals surface area contributed by atoms with Gasteiger partial charge in [0.15, 0.2) is 0 Å². The number of rotatable bonds is 4. The highest BCUT2D eigenvalue weighted by Gasteiger charge is 2.31. The van der Waals surface area contributed by atoms with E-state index in [9.17, 15) is 0 Å². The Morgan fingerprint density at radius 2 is 2.35 bits per heavy atom. The zero-order chi connectivity index (χ0) is 12.3. The maximum atomic E-state index is 4.39. The van der Waals surface area contributed by atoms with Crippen molar-refractivity contribution in [1.82, 2.24) is 15.2 Å². The summed E-state index contributed by atoms with van der Waals surface area (Å²) in [4.78, 5) is 6.95. The third-order valence-corrected chi connectivity index (χ3v) is 4.65. The highest BCUT2D eigenvalue weighted by atomic mass is 32.1. The molecule has 0 radical (unpaired) electrons. The molecule has 0 saturated carbocycles. The smallest absolute Gasteiger partial charge is 0.0795 e. The molecule has 0 bridgehead atoms. The van der Waals surface area contributed by atoms with Crippen molar-refractivity contribution in [2.75, 3.05) is 13.1 Å². The van der Waals surface area contributed by atoms with Crippen LogP contribution in [0, 0.1) is 5.92 Å². The second kappa shape index (κ2) is 5.94. The molecule has 0 amide bonds. The summed E-state index contributed by atoms with van der Waals surface area (Å²) < 4.78 is 0. The molecule has 3 atom stereocenters. The van der Waals surface area contributed by atoms with Gasteiger partial charge in [0.1, 0.15) is 0 Å². The van der Waals surface area contributed by atoms with E-state index < -0.39 is 0 Å². The minimum absolute atomic E-state index is 0.634. The molecule has 1 N–H and O–H groups in total. The van der Waals surface area contributed by atoms with Crippen LogP contribution >= 0.6 is 11.3 Å². The maximum absolute atomic E-state index is 4.39. The summed E-state index contributed by atoms with van der Waals surface area (Å²) in [5, 5.41) is 5.76. The summed E-state index contributed by atoms with van der Waals surface area (Å²) in [5.74, 6) is 0.710. The predicted octanol–water partition coefficient (Wildman–Crippen LogP) is 2.35. The van der Waals surface area contributed by atoms with E-state index in [0.29, 0.717) is 18.0 Å². The lowest BCUT2D eigenvalue weighted by Crippen LogP contribution is -2.52. The van der Waals surface area contributed by atoms with Gasteiger partial charge in [0.25, 0.3) is 0 Å². The number of piperidine rings is 1. The van der Waals surface area contributed by atoms with Crippen LogP contribution in [0.2, 0.25) is 0 Å². The fraction of sp³-hybridized carbons (Fsp3) is 0.769. The van der Waals surface area contributed by atoms with Crippen molar-refractivity contribution in [3.63, 3.8) is 0 Å². The second-order valence-electron chi connectivity index (χ2n) is 5.00. The standard InChI is InChI=1S/C13H23N3S/c1-4-14-13-5-6-16(11(3)10(13)2)7-12-8-17-9-15-12/h8-11,13-14H,4-7H2,1-3H3. The van der Waals surface area contributed by atoms with Crippen LogP contribution in [0.25, 0.3) is 0 Å². The van der Waals surface area contributed by atoms with Gasteiger partial charge in [-0.2, -0.15) is 0 Å². The van der Waals surface area contributed by atoms with Gasteiger partial charge in [0.05, 0.1) is 11.2 Å². The van der Waals surface area contributed by atoms with E-state index in [2.05, 4.69) is 41.4 Å². The Balaban J connectivity index is 1.93. The Labute approximate surface area is 108 Å². The number of nitrogens with one attached hydrogen (secondary N) is 1. The number of hydrogen-bond acceptors (Lipinski definition) is 4. The average Bonchev–Trinajstić information content (AvgIpc) is 2.82. The van der Waals surface area contributed by atoms with Gasteiger partial charge >= 0.3 is 0 Å². The van der Waals surface area contributed by atoms with Gasteiger partial charge in [0.2, 0.25) is 0 Å². The Bertz CT molecular complexity index is 325. The molecule has 0 aliphatic carbocycles. The zero-order valence-electron chi connectivity index (χ0n) is 11.0. The molecule has 0 aromatic carbocycles. The summed E-state index contributed by atoms with van der Waals surface area (Å²) in [6, 6.07) is 1.32. The topological polar surface area (TPSA) is 28.2 Å². The molecule has 2 rings (SSSR count). The lowest BCUT2D eigenvalue weighted by molar-refractivity contribution is 0.0781. The molecule has 96 valence electrons. The fourth-order valence-corrected chi connectivity index (χ4v) is 3.29. The average molecular weight is 253 g/mol. The number of nitrogens with zero attached hydrogens (tertiary/aromatic N) is 2. The van der Waals surface area contributed by atoms with Crippen LogP contribution < -0.4 is 5.32 Å². The van der Waals surface area contributed by atoms with E-state index in [1.807, 2.05) is 5.51 Å². The van der Waals surface area contributed by atoms with Crippen LogP contribution in [0.15, 0.2) is 10.9 Å². The summed E-state index contributed by atoms with van der Waals surface area (Å²) in [6.07, 6.45) is 1.25. The summed E-state index contributed by atoms with van der Waals surface area (Å²) >= 11 is 1.69. The van der Waals surface area contributed by atoms with Crippen LogP contribution in [0.4, 0.5) is 0 Å². The third kappa shape index (κ3) is 3.06. The van der Waals surface area contributed by atoms with Crippen molar-refractivity contribution < 1.29 is 0 Å². The van der Waals surface area contributed by atoms with Gasteiger partial charge in [0, 0.05) is 30.6 Å². The molecule has 1 aliphatic heterocycles. The molecule has 0 spiro atoms. The van der Waals surface area contributed by atoms with Crippen LogP contribution in [0.1, 0.15) is 32.9 Å². The highest BCUT2D eigenvalue weighted by Crippen LogP contribution is 2.25. The van der Waals surface area contributed by atoms with Crippen LogP contribution in [-0.4, -0.2) is 35.1 Å². The molecule has 17 heavy (non-hydrogen) atoms. The van der Waals surface area contributed by atoms with E-state index in [1.54, 1.807) is 11.3 Å². The first-order valence-electron chi connectivity index (χ1n) is 6.57. The second-order valence-corrected chi connectivity index (χ2v) is 5.72. The zero-order valence-corrected chi connectivity index (χ0v) is 11.8. The number of aromatic nitrogens is 1. The van der Waals surface area contributed by atoms with Crippen molar-refractivity contribution in [3.8, 4) is 0 Å². The van der Waals surface area contributed by atoms with E-state index in [0.717, 1.165) is 13.1 Å².